The molecular formula is C17H25ClF3N3O2. The van der Waals surface area contributed by atoms with E-state index in [1.165, 1.54) is 12.1 Å². The highest BCUT2D eigenvalue weighted by atomic mass is 35.5. The van der Waals surface area contributed by atoms with Gasteiger partial charge >= 0.3 is 6.18 Å². The number of nitrogens with one attached hydrogen (secondary N) is 1. The van der Waals surface area contributed by atoms with Crippen LogP contribution in [0.1, 0.15) is 18.9 Å². The Hall–Kier alpha value is -1.51. The van der Waals surface area contributed by atoms with Crippen molar-refractivity contribution in [1.29, 1.82) is 0 Å². The summed E-state index contributed by atoms with van der Waals surface area (Å²) in [5.74, 6) is 0.00483. The van der Waals surface area contributed by atoms with Gasteiger partial charge in [0.05, 0.1) is 6.54 Å². The van der Waals surface area contributed by atoms with Crippen molar-refractivity contribution in [2.75, 3.05) is 32.8 Å². The van der Waals surface area contributed by atoms with E-state index in [-0.39, 0.29) is 36.0 Å². The van der Waals surface area contributed by atoms with Gasteiger partial charge in [-0.25, -0.2) is 0 Å². The van der Waals surface area contributed by atoms with Crippen molar-refractivity contribution in [2.24, 2.45) is 11.1 Å². The Morgan fingerprint density at radius 1 is 1.42 bits per heavy atom. The molecule has 1 unspecified atom stereocenters. The van der Waals surface area contributed by atoms with Gasteiger partial charge in [-0.3, -0.25) is 9.69 Å². The van der Waals surface area contributed by atoms with Gasteiger partial charge in [-0.2, -0.15) is 13.2 Å². The van der Waals surface area contributed by atoms with Gasteiger partial charge in [0, 0.05) is 13.1 Å². The second-order valence-electron chi connectivity index (χ2n) is 6.80. The summed E-state index contributed by atoms with van der Waals surface area (Å²) in [5.41, 5.74) is 6.49. The second-order valence-corrected chi connectivity index (χ2v) is 6.80. The highest BCUT2D eigenvalue weighted by Crippen LogP contribution is 2.28. The lowest BCUT2D eigenvalue weighted by atomic mass is 9.90. The maximum atomic E-state index is 12.2. The summed E-state index contributed by atoms with van der Waals surface area (Å²) in [6.45, 7) is 3.52. The van der Waals surface area contributed by atoms with Crippen LogP contribution in [0.4, 0.5) is 13.2 Å². The summed E-state index contributed by atoms with van der Waals surface area (Å²) in [7, 11) is 0. The molecule has 1 heterocycles. The van der Waals surface area contributed by atoms with Gasteiger partial charge in [0.15, 0.2) is 6.61 Å². The van der Waals surface area contributed by atoms with Crippen molar-refractivity contribution in [3.63, 3.8) is 0 Å². The first-order valence-corrected chi connectivity index (χ1v) is 8.17. The molecule has 148 valence electrons. The SMILES string of the molecule is CC1(CN)CCN(CC(=O)NCc2cccc(OCC(F)(F)F)c2)C1.Cl. The molecule has 0 aliphatic carbocycles. The quantitative estimate of drug-likeness (QED) is 0.743. The highest BCUT2D eigenvalue weighted by molar-refractivity contribution is 5.85. The van der Waals surface area contributed by atoms with Crippen LogP contribution < -0.4 is 15.8 Å². The first-order chi connectivity index (χ1) is 11.7. The lowest BCUT2D eigenvalue weighted by Crippen LogP contribution is -2.38. The monoisotopic (exact) mass is 395 g/mol. The van der Waals surface area contributed by atoms with Crippen molar-refractivity contribution < 1.29 is 22.7 Å². The van der Waals surface area contributed by atoms with Crippen LogP contribution in [0.5, 0.6) is 5.75 Å². The number of carbonyl (C=O) groups is 1. The Kier molecular flexibility index (Phi) is 8.17. The van der Waals surface area contributed by atoms with E-state index >= 15 is 0 Å². The van der Waals surface area contributed by atoms with Crippen LogP contribution in [-0.4, -0.2) is 49.8 Å². The summed E-state index contributed by atoms with van der Waals surface area (Å²) in [6.07, 6.45) is -3.41. The van der Waals surface area contributed by atoms with E-state index < -0.39 is 12.8 Å². The van der Waals surface area contributed by atoms with Crippen LogP contribution >= 0.6 is 12.4 Å². The van der Waals surface area contributed by atoms with Crippen LogP contribution in [0, 0.1) is 5.41 Å². The van der Waals surface area contributed by atoms with Crippen LogP contribution in [-0.2, 0) is 11.3 Å². The summed E-state index contributed by atoms with van der Waals surface area (Å²) in [5, 5.41) is 2.78. The molecular weight excluding hydrogens is 371 g/mol. The van der Waals surface area contributed by atoms with Gasteiger partial charge in [-0.1, -0.05) is 19.1 Å². The van der Waals surface area contributed by atoms with Gasteiger partial charge in [0.25, 0.3) is 0 Å². The van der Waals surface area contributed by atoms with Gasteiger partial charge < -0.3 is 15.8 Å². The van der Waals surface area contributed by atoms with E-state index in [2.05, 4.69) is 17.1 Å². The highest BCUT2D eigenvalue weighted by Gasteiger charge is 2.33. The number of amides is 1. The average Bonchev–Trinajstić information content (AvgIpc) is 2.92. The molecule has 1 atom stereocenters. The Labute approximate surface area is 157 Å². The van der Waals surface area contributed by atoms with Crippen LogP contribution in [0.15, 0.2) is 24.3 Å². The summed E-state index contributed by atoms with van der Waals surface area (Å²) in [6, 6.07) is 6.27. The fourth-order valence-corrected chi connectivity index (χ4v) is 2.80. The fraction of sp³-hybridized carbons (Fsp3) is 0.588. The number of rotatable bonds is 7. The molecule has 1 fully saturated rings. The minimum Gasteiger partial charge on any atom is -0.484 e. The normalized spacial score (nSPS) is 20.5. The first kappa shape index (κ1) is 22.5. The van der Waals surface area contributed by atoms with Gasteiger partial charge in [0.1, 0.15) is 5.75 Å². The number of likely N-dealkylation sites (tertiary alicyclic amines) is 1. The second kappa shape index (κ2) is 9.43. The third kappa shape index (κ3) is 7.39. The van der Waals surface area contributed by atoms with E-state index in [0.717, 1.165) is 19.5 Å². The molecule has 2 rings (SSSR count). The standard InChI is InChI=1S/C17H24F3N3O2.ClH/c1-16(10-21)5-6-23(11-16)9-15(24)22-8-13-3-2-4-14(7-13)25-12-17(18,19)20;/h2-4,7H,5-6,8-12,21H2,1H3,(H,22,24);1H. The molecule has 1 amide bonds. The molecule has 1 aliphatic heterocycles. The van der Waals surface area contributed by atoms with E-state index in [4.69, 9.17) is 10.5 Å². The number of nitrogens with two attached hydrogens (primary N) is 1. The smallest absolute Gasteiger partial charge is 0.422 e. The largest absolute Gasteiger partial charge is 0.484 e. The van der Waals surface area contributed by atoms with Crippen molar-refractivity contribution in [1.82, 2.24) is 10.2 Å². The van der Waals surface area contributed by atoms with Crippen molar-refractivity contribution in [2.45, 2.75) is 26.1 Å². The molecule has 26 heavy (non-hydrogen) atoms. The van der Waals surface area contributed by atoms with E-state index in [9.17, 15) is 18.0 Å². The molecule has 9 heteroatoms. The molecule has 0 spiro atoms. The number of ether oxygens (including phenoxy) is 1. The average molecular weight is 396 g/mol. The number of hydrogen-bond donors (Lipinski definition) is 2. The Morgan fingerprint density at radius 2 is 2.15 bits per heavy atom. The zero-order valence-corrected chi connectivity index (χ0v) is 15.5. The summed E-state index contributed by atoms with van der Waals surface area (Å²) >= 11 is 0. The van der Waals surface area contributed by atoms with Crippen molar-refractivity contribution >= 4 is 18.3 Å². The van der Waals surface area contributed by atoms with Gasteiger partial charge in [-0.15, -0.1) is 12.4 Å². The molecule has 1 saturated heterocycles. The Balaban J connectivity index is 0.00000338. The zero-order chi connectivity index (χ0) is 18.5. The summed E-state index contributed by atoms with van der Waals surface area (Å²) in [4.78, 5) is 14.1. The van der Waals surface area contributed by atoms with E-state index in [0.29, 0.717) is 18.7 Å². The predicted octanol–water partition coefficient (Wildman–Crippen LogP) is 2.34. The Morgan fingerprint density at radius 3 is 2.77 bits per heavy atom. The molecule has 1 aromatic carbocycles. The van der Waals surface area contributed by atoms with Gasteiger partial charge in [0.2, 0.25) is 5.91 Å². The van der Waals surface area contributed by atoms with Crippen molar-refractivity contribution in [3.8, 4) is 5.75 Å². The number of halogens is 4. The predicted molar refractivity (Wildman–Crippen MR) is 95.3 cm³/mol. The number of nitrogens with zero attached hydrogens (tertiary/aromatic N) is 1. The van der Waals surface area contributed by atoms with Crippen LogP contribution in [0.3, 0.4) is 0 Å². The third-order valence-corrected chi connectivity index (χ3v) is 4.29. The molecule has 0 saturated carbocycles. The maximum absolute atomic E-state index is 12.2. The maximum Gasteiger partial charge on any atom is 0.422 e. The molecule has 0 aromatic heterocycles. The number of hydrogen-bond acceptors (Lipinski definition) is 4. The van der Waals surface area contributed by atoms with E-state index in [1.54, 1.807) is 12.1 Å². The topological polar surface area (TPSA) is 67.6 Å². The molecule has 0 radical (unpaired) electrons. The fourth-order valence-electron chi connectivity index (χ4n) is 2.80. The third-order valence-electron chi connectivity index (χ3n) is 4.29. The number of benzene rings is 1. The molecule has 5 nitrogen and oxygen atoms in total. The molecule has 1 aromatic rings. The lowest BCUT2D eigenvalue weighted by molar-refractivity contribution is -0.153. The lowest BCUT2D eigenvalue weighted by Gasteiger charge is -2.22. The molecule has 3 N–H and O–H groups in total. The zero-order valence-electron chi connectivity index (χ0n) is 14.6. The summed E-state index contributed by atoms with van der Waals surface area (Å²) < 4.78 is 41.2. The number of carbonyl (C=O) groups excluding carboxylic acids is 1. The van der Waals surface area contributed by atoms with E-state index in [1.807, 2.05) is 0 Å². The van der Waals surface area contributed by atoms with Gasteiger partial charge in [-0.05, 0) is 42.6 Å². The van der Waals surface area contributed by atoms with Crippen LogP contribution in [0.2, 0.25) is 0 Å². The minimum absolute atomic E-state index is 0. The van der Waals surface area contributed by atoms with Crippen LogP contribution in [0.25, 0.3) is 0 Å². The molecule has 0 bridgehead atoms. The number of alkyl halides is 3. The van der Waals surface area contributed by atoms with Crippen molar-refractivity contribution in [3.05, 3.63) is 29.8 Å². The Bertz CT molecular complexity index is 601. The minimum atomic E-state index is -4.38. The molecule has 1 aliphatic rings. The first-order valence-electron chi connectivity index (χ1n) is 8.17.